The third-order valence-electron chi connectivity index (χ3n) is 2.74. The highest BCUT2D eigenvalue weighted by Gasteiger charge is 2.34. The van der Waals surface area contributed by atoms with Crippen LogP contribution in [-0.4, -0.2) is 23.9 Å². The Morgan fingerprint density at radius 2 is 1.71 bits per heavy atom. The van der Waals surface area contributed by atoms with E-state index in [9.17, 15) is 5.11 Å². The Labute approximate surface area is 88.7 Å². The minimum Gasteiger partial charge on any atom is -0.390 e. The van der Waals surface area contributed by atoms with E-state index in [1.807, 2.05) is 6.92 Å². The normalized spacial score (nSPS) is 19.1. The summed E-state index contributed by atoms with van der Waals surface area (Å²) in [6.07, 6.45) is 0.559. The highest BCUT2D eigenvalue weighted by molar-refractivity contribution is 4.83. The van der Waals surface area contributed by atoms with E-state index >= 15 is 0 Å². The molecule has 0 radical (unpaired) electrons. The minimum absolute atomic E-state index is 0.00113. The molecule has 0 aliphatic carbocycles. The summed E-state index contributed by atoms with van der Waals surface area (Å²) in [5.41, 5.74) is -0.00113. The quantitative estimate of drug-likeness (QED) is 0.743. The smallest absolute Gasteiger partial charge is 0.0884 e. The van der Waals surface area contributed by atoms with Crippen LogP contribution in [0, 0.1) is 11.3 Å². The molecule has 1 N–H and O–H groups in total. The van der Waals surface area contributed by atoms with Crippen molar-refractivity contribution in [2.45, 2.75) is 60.2 Å². The molecule has 2 nitrogen and oxygen atoms in total. The molecule has 0 rings (SSSR count). The Morgan fingerprint density at radius 1 is 1.21 bits per heavy atom. The predicted molar refractivity (Wildman–Crippen MR) is 60.3 cm³/mol. The second-order valence-corrected chi connectivity index (χ2v) is 5.12. The third kappa shape index (κ3) is 3.97. The molecule has 0 heterocycles. The summed E-state index contributed by atoms with van der Waals surface area (Å²) >= 11 is 0. The second kappa shape index (κ2) is 5.72. The van der Waals surface area contributed by atoms with Crippen molar-refractivity contribution in [3.63, 3.8) is 0 Å². The lowest BCUT2D eigenvalue weighted by atomic mass is 9.81. The molecule has 0 aliphatic heterocycles. The van der Waals surface area contributed by atoms with Crippen molar-refractivity contribution in [2.75, 3.05) is 6.61 Å². The molecule has 2 heteroatoms. The number of ether oxygens (including phenoxy) is 1. The van der Waals surface area contributed by atoms with Gasteiger partial charge in [0, 0.05) is 6.61 Å². The Balaban J connectivity index is 4.48. The number of rotatable bonds is 5. The van der Waals surface area contributed by atoms with E-state index in [0.29, 0.717) is 12.5 Å². The molecule has 0 aromatic carbocycles. The molecule has 0 saturated carbocycles. The zero-order valence-corrected chi connectivity index (χ0v) is 10.5. The minimum atomic E-state index is -0.361. The highest BCUT2D eigenvalue weighted by Crippen LogP contribution is 2.28. The molecule has 0 amide bonds. The van der Waals surface area contributed by atoms with Crippen molar-refractivity contribution in [3.8, 4) is 0 Å². The Bertz CT molecular complexity index is 149. The van der Waals surface area contributed by atoms with E-state index < -0.39 is 0 Å². The van der Waals surface area contributed by atoms with Crippen LogP contribution in [0.3, 0.4) is 0 Å². The van der Waals surface area contributed by atoms with Crippen LogP contribution in [0.4, 0.5) is 0 Å². The summed E-state index contributed by atoms with van der Waals surface area (Å²) in [5.74, 6) is 0.297. The van der Waals surface area contributed by atoms with E-state index in [1.54, 1.807) is 0 Å². The van der Waals surface area contributed by atoms with Gasteiger partial charge in [0.1, 0.15) is 0 Å². The summed E-state index contributed by atoms with van der Waals surface area (Å²) in [6, 6.07) is 0. The molecule has 0 fully saturated rings. The molecule has 0 aliphatic rings. The average Bonchev–Trinajstić information content (AvgIpc) is 2.09. The van der Waals surface area contributed by atoms with E-state index in [4.69, 9.17) is 4.74 Å². The highest BCUT2D eigenvalue weighted by atomic mass is 16.5. The molecule has 3 atom stereocenters. The number of aliphatic hydroxyl groups is 1. The summed E-state index contributed by atoms with van der Waals surface area (Å²) in [6.45, 7) is 13.1. The Kier molecular flexibility index (Phi) is 5.68. The lowest BCUT2D eigenvalue weighted by Crippen LogP contribution is -2.43. The molecular formula is C12H26O2. The van der Waals surface area contributed by atoms with Crippen LogP contribution in [0.2, 0.25) is 0 Å². The van der Waals surface area contributed by atoms with Crippen molar-refractivity contribution >= 4 is 0 Å². The Morgan fingerprint density at radius 3 is 2.00 bits per heavy atom. The fraction of sp³-hybridized carbons (Fsp3) is 1.00. The van der Waals surface area contributed by atoms with Gasteiger partial charge in [-0.2, -0.15) is 0 Å². The van der Waals surface area contributed by atoms with Gasteiger partial charge in [-0.25, -0.2) is 0 Å². The van der Waals surface area contributed by atoms with Gasteiger partial charge in [-0.1, -0.05) is 41.0 Å². The van der Waals surface area contributed by atoms with Gasteiger partial charge in [0.25, 0.3) is 0 Å². The second-order valence-electron chi connectivity index (χ2n) is 5.12. The van der Waals surface area contributed by atoms with Gasteiger partial charge < -0.3 is 9.84 Å². The first-order valence-corrected chi connectivity index (χ1v) is 5.64. The summed E-state index contributed by atoms with van der Waals surface area (Å²) in [7, 11) is 0. The monoisotopic (exact) mass is 202 g/mol. The largest absolute Gasteiger partial charge is 0.390 e. The topological polar surface area (TPSA) is 29.5 Å². The van der Waals surface area contributed by atoms with Crippen molar-refractivity contribution in [3.05, 3.63) is 0 Å². The van der Waals surface area contributed by atoms with E-state index in [2.05, 4.69) is 34.6 Å². The number of aliphatic hydroxyl groups excluding tert-OH is 1. The van der Waals surface area contributed by atoms with Crippen molar-refractivity contribution in [1.29, 1.82) is 0 Å². The van der Waals surface area contributed by atoms with Gasteiger partial charge in [0.2, 0.25) is 0 Å². The molecule has 0 aromatic rings. The van der Waals surface area contributed by atoms with E-state index in [0.717, 1.165) is 6.42 Å². The van der Waals surface area contributed by atoms with Gasteiger partial charge in [-0.05, 0) is 18.3 Å². The first kappa shape index (κ1) is 13.9. The lowest BCUT2D eigenvalue weighted by Gasteiger charge is -2.36. The standard InChI is InChI=1S/C12H26O2/c1-7-9(3)10(13)11(14-8-2)12(4,5)6/h9-11,13H,7-8H2,1-6H3. The first-order chi connectivity index (χ1) is 6.34. The maximum absolute atomic E-state index is 10.1. The molecule has 0 spiro atoms. The molecule has 0 saturated heterocycles. The average molecular weight is 202 g/mol. The third-order valence-corrected chi connectivity index (χ3v) is 2.74. The molecule has 0 bridgehead atoms. The first-order valence-electron chi connectivity index (χ1n) is 5.64. The van der Waals surface area contributed by atoms with Gasteiger partial charge in [-0.15, -0.1) is 0 Å². The van der Waals surface area contributed by atoms with Crippen molar-refractivity contribution in [2.24, 2.45) is 11.3 Å². The van der Waals surface area contributed by atoms with Gasteiger partial charge in [0.15, 0.2) is 0 Å². The zero-order chi connectivity index (χ0) is 11.4. The lowest BCUT2D eigenvalue weighted by molar-refractivity contribution is -0.106. The van der Waals surface area contributed by atoms with Gasteiger partial charge >= 0.3 is 0 Å². The predicted octanol–water partition coefficient (Wildman–Crippen LogP) is 2.84. The van der Waals surface area contributed by atoms with Crippen LogP contribution in [0.1, 0.15) is 48.0 Å². The Hall–Kier alpha value is -0.0800. The van der Waals surface area contributed by atoms with E-state index in [1.165, 1.54) is 0 Å². The van der Waals surface area contributed by atoms with Crippen LogP contribution in [0.15, 0.2) is 0 Å². The van der Waals surface area contributed by atoms with Crippen LogP contribution in [-0.2, 0) is 4.74 Å². The maximum atomic E-state index is 10.1. The van der Waals surface area contributed by atoms with Crippen molar-refractivity contribution < 1.29 is 9.84 Å². The molecule has 3 unspecified atom stereocenters. The van der Waals surface area contributed by atoms with Gasteiger partial charge in [0.05, 0.1) is 12.2 Å². The van der Waals surface area contributed by atoms with Gasteiger partial charge in [-0.3, -0.25) is 0 Å². The van der Waals surface area contributed by atoms with E-state index in [-0.39, 0.29) is 17.6 Å². The van der Waals surface area contributed by atoms with Crippen LogP contribution in [0.5, 0.6) is 0 Å². The molecule has 14 heavy (non-hydrogen) atoms. The summed E-state index contributed by atoms with van der Waals surface area (Å²) < 4.78 is 5.64. The van der Waals surface area contributed by atoms with Crippen LogP contribution >= 0.6 is 0 Å². The molecule has 86 valence electrons. The van der Waals surface area contributed by atoms with Crippen LogP contribution < -0.4 is 0 Å². The van der Waals surface area contributed by atoms with Crippen molar-refractivity contribution in [1.82, 2.24) is 0 Å². The molecular weight excluding hydrogens is 176 g/mol. The zero-order valence-electron chi connectivity index (χ0n) is 10.5. The number of hydrogen-bond donors (Lipinski definition) is 1. The fourth-order valence-corrected chi connectivity index (χ4v) is 1.58. The number of hydrogen-bond acceptors (Lipinski definition) is 2. The summed E-state index contributed by atoms with van der Waals surface area (Å²) in [4.78, 5) is 0. The summed E-state index contributed by atoms with van der Waals surface area (Å²) in [5, 5.41) is 10.1. The van der Waals surface area contributed by atoms with Crippen LogP contribution in [0.25, 0.3) is 0 Å². The molecule has 0 aromatic heterocycles. The maximum Gasteiger partial charge on any atom is 0.0884 e. The fourth-order valence-electron chi connectivity index (χ4n) is 1.58. The SMILES string of the molecule is CCOC(C(O)C(C)CC)C(C)(C)C.